The minimum atomic E-state index is -1.42. The van der Waals surface area contributed by atoms with Crippen LogP contribution in [-0.4, -0.2) is 39.0 Å². The maximum atomic E-state index is 13.5. The van der Waals surface area contributed by atoms with E-state index in [0.29, 0.717) is 15.8 Å². The molecule has 9 nitrogen and oxygen atoms in total. The SMILES string of the molecule is O=C(O)c1ccc(C(=O)Nc2ccc(SC(C(=O)Nc3nc(-c4ccc(Cl)cc4)cs3)c3ccccc3)cc2)c(C(=O)O)c1. The smallest absolute Gasteiger partial charge is 0.336 e. The summed E-state index contributed by atoms with van der Waals surface area (Å²) >= 11 is 8.61. The molecule has 1 aromatic heterocycles. The second-order valence-electron chi connectivity index (χ2n) is 9.29. The van der Waals surface area contributed by atoms with Crippen LogP contribution < -0.4 is 10.6 Å². The number of thioether (sulfide) groups is 1. The number of carboxylic acid groups (broad SMARTS) is 2. The Bertz CT molecular complexity index is 1840. The lowest BCUT2D eigenvalue weighted by Gasteiger charge is -2.16. The van der Waals surface area contributed by atoms with Gasteiger partial charge in [-0.05, 0) is 60.2 Å². The summed E-state index contributed by atoms with van der Waals surface area (Å²) in [4.78, 5) is 54.5. The number of benzene rings is 4. The van der Waals surface area contributed by atoms with Crippen molar-refractivity contribution in [2.24, 2.45) is 0 Å². The number of carbonyl (C=O) groups excluding carboxylic acids is 2. The van der Waals surface area contributed by atoms with E-state index >= 15 is 0 Å². The van der Waals surface area contributed by atoms with Crippen LogP contribution >= 0.6 is 34.7 Å². The van der Waals surface area contributed by atoms with E-state index in [2.05, 4.69) is 15.6 Å². The Kier molecular flexibility index (Phi) is 9.39. The first-order valence-electron chi connectivity index (χ1n) is 12.9. The van der Waals surface area contributed by atoms with Crippen molar-refractivity contribution < 1.29 is 29.4 Å². The average Bonchev–Trinajstić information content (AvgIpc) is 3.49. The van der Waals surface area contributed by atoms with E-state index in [1.54, 1.807) is 36.4 Å². The summed E-state index contributed by atoms with van der Waals surface area (Å²) in [5.41, 5.74) is 1.92. The summed E-state index contributed by atoms with van der Waals surface area (Å²) < 4.78 is 0. The number of hydrogen-bond donors (Lipinski definition) is 4. The molecule has 0 bridgehead atoms. The highest BCUT2D eigenvalue weighted by Crippen LogP contribution is 2.37. The third-order valence-corrected chi connectivity index (χ3v) is 8.60. The van der Waals surface area contributed by atoms with Gasteiger partial charge in [0.2, 0.25) is 5.91 Å². The van der Waals surface area contributed by atoms with Gasteiger partial charge in [-0.25, -0.2) is 14.6 Å². The third-order valence-electron chi connectivity index (χ3n) is 6.32. The maximum Gasteiger partial charge on any atom is 0.336 e. The Balaban J connectivity index is 1.30. The van der Waals surface area contributed by atoms with Crippen LogP contribution in [0.5, 0.6) is 0 Å². The van der Waals surface area contributed by atoms with Gasteiger partial charge in [-0.3, -0.25) is 9.59 Å². The summed E-state index contributed by atoms with van der Waals surface area (Å²) in [6.45, 7) is 0. The first-order chi connectivity index (χ1) is 21.2. The number of aromatic carboxylic acids is 2. The van der Waals surface area contributed by atoms with Crippen molar-refractivity contribution >= 4 is 69.3 Å². The van der Waals surface area contributed by atoms with Gasteiger partial charge in [0.1, 0.15) is 5.25 Å². The molecule has 0 spiro atoms. The minimum absolute atomic E-state index is 0.178. The highest BCUT2D eigenvalue weighted by molar-refractivity contribution is 8.00. The zero-order chi connectivity index (χ0) is 31.2. The van der Waals surface area contributed by atoms with Crippen LogP contribution in [0.2, 0.25) is 5.02 Å². The van der Waals surface area contributed by atoms with Crippen LogP contribution in [0.3, 0.4) is 0 Å². The molecule has 1 heterocycles. The molecule has 0 aliphatic heterocycles. The minimum Gasteiger partial charge on any atom is -0.478 e. The molecule has 0 fully saturated rings. The Hall–Kier alpha value is -4.97. The van der Waals surface area contributed by atoms with Gasteiger partial charge in [0.05, 0.1) is 22.4 Å². The number of carboxylic acids is 2. The second-order valence-corrected chi connectivity index (χ2v) is 11.8. The predicted molar refractivity (Wildman–Crippen MR) is 171 cm³/mol. The summed E-state index contributed by atoms with van der Waals surface area (Å²) in [5.74, 6) is -3.69. The van der Waals surface area contributed by atoms with Crippen LogP contribution in [0, 0.1) is 0 Å². The molecule has 4 aromatic carbocycles. The van der Waals surface area contributed by atoms with Crippen molar-refractivity contribution in [1.82, 2.24) is 4.98 Å². The molecular formula is C32H22ClN3O6S2. The van der Waals surface area contributed by atoms with Crippen LogP contribution in [0.15, 0.2) is 107 Å². The lowest BCUT2D eigenvalue weighted by atomic mass is 10.0. The monoisotopic (exact) mass is 643 g/mol. The van der Waals surface area contributed by atoms with Crippen molar-refractivity contribution in [3.8, 4) is 11.3 Å². The van der Waals surface area contributed by atoms with Gasteiger partial charge in [0.25, 0.3) is 5.91 Å². The first-order valence-corrected chi connectivity index (χ1v) is 15.1. The van der Waals surface area contributed by atoms with Crippen molar-refractivity contribution in [2.45, 2.75) is 10.1 Å². The average molecular weight is 644 g/mol. The van der Waals surface area contributed by atoms with Crippen molar-refractivity contribution in [3.63, 3.8) is 0 Å². The molecule has 1 atom stereocenters. The number of anilines is 2. The normalized spacial score (nSPS) is 11.4. The number of rotatable bonds is 10. The Morgan fingerprint density at radius 2 is 1.50 bits per heavy atom. The number of nitrogens with one attached hydrogen (secondary N) is 2. The Morgan fingerprint density at radius 3 is 2.16 bits per heavy atom. The summed E-state index contributed by atoms with van der Waals surface area (Å²) in [6.07, 6.45) is 0. The van der Waals surface area contributed by atoms with E-state index in [1.165, 1.54) is 29.2 Å². The van der Waals surface area contributed by atoms with E-state index in [0.717, 1.165) is 33.8 Å². The van der Waals surface area contributed by atoms with E-state index < -0.39 is 28.7 Å². The van der Waals surface area contributed by atoms with Crippen molar-refractivity contribution in [2.75, 3.05) is 10.6 Å². The molecule has 0 aliphatic carbocycles. The van der Waals surface area contributed by atoms with E-state index in [4.69, 9.17) is 16.7 Å². The second kappa shape index (κ2) is 13.6. The molecule has 1 unspecified atom stereocenters. The van der Waals surface area contributed by atoms with E-state index in [9.17, 15) is 24.3 Å². The third kappa shape index (κ3) is 7.32. The molecule has 12 heteroatoms. The fraction of sp³-hybridized carbons (Fsp3) is 0.0312. The van der Waals surface area contributed by atoms with Gasteiger partial charge in [-0.15, -0.1) is 23.1 Å². The molecular weight excluding hydrogens is 622 g/mol. The standard InChI is InChI=1S/C32H22ClN3O6S2/c33-21-9-6-18(7-10-21)26-17-43-32(35-26)36-29(38)27(19-4-2-1-3-5-19)44-23-13-11-22(12-14-23)34-28(37)24-15-8-20(30(39)40)16-25(24)31(41)42/h1-17,27H,(H,34,37)(H,39,40)(H,41,42)(H,35,36,38). The zero-order valence-corrected chi connectivity index (χ0v) is 25.0. The predicted octanol–water partition coefficient (Wildman–Crippen LogP) is 7.58. The fourth-order valence-electron chi connectivity index (χ4n) is 4.16. The largest absolute Gasteiger partial charge is 0.478 e. The molecule has 44 heavy (non-hydrogen) atoms. The molecule has 220 valence electrons. The van der Waals surface area contributed by atoms with Gasteiger partial charge in [0, 0.05) is 26.5 Å². The Morgan fingerprint density at radius 1 is 0.795 bits per heavy atom. The van der Waals surface area contributed by atoms with Crippen molar-refractivity contribution in [3.05, 3.63) is 130 Å². The number of thiazole rings is 1. The quantitative estimate of drug-likeness (QED) is 0.114. The van der Waals surface area contributed by atoms with Crippen LogP contribution in [0.25, 0.3) is 11.3 Å². The van der Waals surface area contributed by atoms with Gasteiger partial charge < -0.3 is 20.8 Å². The van der Waals surface area contributed by atoms with Crippen LogP contribution in [-0.2, 0) is 4.79 Å². The summed E-state index contributed by atoms with van der Waals surface area (Å²) in [6, 6.07) is 26.6. The molecule has 5 aromatic rings. The molecule has 4 N–H and O–H groups in total. The fourth-order valence-corrected chi connectivity index (χ4v) is 6.03. The number of carbonyl (C=O) groups is 4. The number of aromatic nitrogens is 1. The molecule has 2 amide bonds. The van der Waals surface area contributed by atoms with E-state index in [-0.39, 0.29) is 17.0 Å². The van der Waals surface area contributed by atoms with Crippen LogP contribution in [0.4, 0.5) is 10.8 Å². The van der Waals surface area contributed by atoms with Crippen molar-refractivity contribution in [1.29, 1.82) is 0 Å². The molecule has 0 aliphatic rings. The topological polar surface area (TPSA) is 146 Å². The summed E-state index contributed by atoms with van der Waals surface area (Å²) in [7, 11) is 0. The van der Waals surface area contributed by atoms with Gasteiger partial charge in [-0.1, -0.05) is 54.1 Å². The highest BCUT2D eigenvalue weighted by atomic mass is 35.5. The van der Waals surface area contributed by atoms with E-state index in [1.807, 2.05) is 47.8 Å². The molecule has 0 radical (unpaired) electrons. The maximum absolute atomic E-state index is 13.5. The molecule has 0 saturated carbocycles. The number of nitrogens with zero attached hydrogens (tertiary/aromatic N) is 1. The van der Waals surface area contributed by atoms with Gasteiger partial charge in [-0.2, -0.15) is 0 Å². The number of halogens is 1. The lowest BCUT2D eigenvalue weighted by Crippen LogP contribution is -2.19. The zero-order valence-electron chi connectivity index (χ0n) is 22.6. The van der Waals surface area contributed by atoms with Crippen LogP contribution in [0.1, 0.15) is 41.9 Å². The molecule has 0 saturated heterocycles. The summed E-state index contributed by atoms with van der Waals surface area (Å²) in [5, 5.41) is 26.5. The van der Waals surface area contributed by atoms with Gasteiger partial charge in [0.15, 0.2) is 5.13 Å². The molecule has 5 rings (SSSR count). The first kappa shape index (κ1) is 30.5. The number of hydrogen-bond acceptors (Lipinski definition) is 7. The number of amides is 2. The lowest BCUT2D eigenvalue weighted by molar-refractivity contribution is -0.115. The Labute approximate surface area is 264 Å². The van der Waals surface area contributed by atoms with Gasteiger partial charge >= 0.3 is 11.9 Å². The highest BCUT2D eigenvalue weighted by Gasteiger charge is 2.24.